The molecule has 16 heavy (non-hydrogen) atoms. The highest BCUT2D eigenvalue weighted by molar-refractivity contribution is 5.96. The lowest BCUT2D eigenvalue weighted by molar-refractivity contribution is 0.0526. The fraction of sp³-hybridized carbons (Fsp3) is 0.417. The first-order chi connectivity index (χ1) is 7.72. The molecule has 1 aliphatic heterocycles. The standard InChI is InChI=1S/C12H14FNO2/c1-2-16-12(15)10-7-9(13)6-8-4-3-5-14-11(8)10/h6-7,14H,2-5H2,1H3. The number of nitrogens with one attached hydrogen (secondary N) is 1. The molecular formula is C12H14FNO2. The maximum atomic E-state index is 13.3. The fourth-order valence-electron chi connectivity index (χ4n) is 1.93. The Bertz CT molecular complexity index is 418. The molecule has 1 aromatic carbocycles. The number of ether oxygens (including phenoxy) is 1. The number of hydrogen-bond acceptors (Lipinski definition) is 3. The predicted molar refractivity (Wildman–Crippen MR) is 59.2 cm³/mol. The van der Waals surface area contributed by atoms with Gasteiger partial charge in [-0.25, -0.2) is 9.18 Å². The zero-order valence-electron chi connectivity index (χ0n) is 9.18. The van der Waals surface area contributed by atoms with Crippen molar-refractivity contribution in [1.29, 1.82) is 0 Å². The van der Waals surface area contributed by atoms with Gasteiger partial charge in [-0.05, 0) is 37.5 Å². The summed E-state index contributed by atoms with van der Waals surface area (Å²) in [6.45, 7) is 2.84. The summed E-state index contributed by atoms with van der Waals surface area (Å²) < 4.78 is 18.2. The molecule has 1 aliphatic rings. The molecule has 0 fully saturated rings. The predicted octanol–water partition coefficient (Wildman–Crippen LogP) is 2.36. The zero-order valence-corrected chi connectivity index (χ0v) is 9.18. The average molecular weight is 223 g/mol. The monoisotopic (exact) mass is 223 g/mol. The molecule has 1 N–H and O–H groups in total. The first-order valence-electron chi connectivity index (χ1n) is 5.45. The Balaban J connectivity index is 2.43. The van der Waals surface area contributed by atoms with Crippen LogP contribution in [0.5, 0.6) is 0 Å². The molecule has 1 aromatic rings. The molecule has 1 heterocycles. The van der Waals surface area contributed by atoms with Crippen molar-refractivity contribution in [3.05, 3.63) is 29.1 Å². The van der Waals surface area contributed by atoms with Crippen LogP contribution in [0.15, 0.2) is 12.1 Å². The van der Waals surface area contributed by atoms with Crippen LogP contribution in [0.1, 0.15) is 29.3 Å². The van der Waals surface area contributed by atoms with E-state index in [0.29, 0.717) is 12.2 Å². The smallest absolute Gasteiger partial charge is 0.340 e. The first-order valence-corrected chi connectivity index (χ1v) is 5.45. The third-order valence-electron chi connectivity index (χ3n) is 2.60. The number of carbonyl (C=O) groups is 1. The quantitative estimate of drug-likeness (QED) is 0.782. The van der Waals surface area contributed by atoms with E-state index in [2.05, 4.69) is 5.32 Å². The Morgan fingerprint density at radius 3 is 3.12 bits per heavy atom. The van der Waals surface area contributed by atoms with E-state index in [1.807, 2.05) is 0 Å². The van der Waals surface area contributed by atoms with Gasteiger partial charge in [0.15, 0.2) is 0 Å². The molecule has 0 atom stereocenters. The molecule has 86 valence electrons. The van der Waals surface area contributed by atoms with Crippen molar-refractivity contribution >= 4 is 11.7 Å². The van der Waals surface area contributed by atoms with Crippen LogP contribution in [-0.4, -0.2) is 19.1 Å². The summed E-state index contributed by atoms with van der Waals surface area (Å²) in [7, 11) is 0. The Morgan fingerprint density at radius 2 is 2.38 bits per heavy atom. The molecule has 0 bridgehead atoms. The van der Waals surface area contributed by atoms with Gasteiger partial charge >= 0.3 is 5.97 Å². The molecule has 3 nitrogen and oxygen atoms in total. The van der Waals surface area contributed by atoms with Crippen LogP contribution in [0, 0.1) is 5.82 Å². The number of rotatable bonds is 2. The van der Waals surface area contributed by atoms with Crippen molar-refractivity contribution < 1.29 is 13.9 Å². The molecule has 0 unspecified atom stereocenters. The van der Waals surface area contributed by atoms with Gasteiger partial charge in [0, 0.05) is 6.54 Å². The Labute approximate surface area is 93.6 Å². The molecule has 4 heteroatoms. The summed E-state index contributed by atoms with van der Waals surface area (Å²) in [5.74, 6) is -0.849. The number of fused-ring (bicyclic) bond motifs is 1. The highest BCUT2D eigenvalue weighted by atomic mass is 19.1. The van der Waals surface area contributed by atoms with E-state index < -0.39 is 5.97 Å². The number of benzene rings is 1. The summed E-state index contributed by atoms with van der Waals surface area (Å²) >= 11 is 0. The minimum Gasteiger partial charge on any atom is -0.462 e. The van der Waals surface area contributed by atoms with Crippen LogP contribution in [0.3, 0.4) is 0 Å². The number of carbonyl (C=O) groups excluding carboxylic acids is 1. The maximum Gasteiger partial charge on any atom is 0.340 e. The van der Waals surface area contributed by atoms with E-state index in [-0.39, 0.29) is 5.82 Å². The minimum atomic E-state index is -0.465. The van der Waals surface area contributed by atoms with E-state index in [9.17, 15) is 9.18 Å². The van der Waals surface area contributed by atoms with Gasteiger partial charge < -0.3 is 10.1 Å². The second kappa shape index (κ2) is 4.51. The van der Waals surface area contributed by atoms with Crippen LogP contribution >= 0.6 is 0 Å². The van der Waals surface area contributed by atoms with Crippen molar-refractivity contribution in [3.63, 3.8) is 0 Å². The van der Waals surface area contributed by atoms with Gasteiger partial charge in [-0.2, -0.15) is 0 Å². The molecule has 0 saturated heterocycles. The van der Waals surface area contributed by atoms with E-state index >= 15 is 0 Å². The van der Waals surface area contributed by atoms with E-state index in [1.165, 1.54) is 12.1 Å². The second-order valence-electron chi connectivity index (χ2n) is 3.74. The summed E-state index contributed by atoms with van der Waals surface area (Å²) in [5, 5.41) is 3.13. The topological polar surface area (TPSA) is 38.3 Å². The summed E-state index contributed by atoms with van der Waals surface area (Å²) in [5.41, 5.74) is 1.89. The number of halogens is 1. The van der Waals surface area contributed by atoms with Crippen molar-refractivity contribution in [2.45, 2.75) is 19.8 Å². The molecule has 2 rings (SSSR count). The Hall–Kier alpha value is -1.58. The lowest BCUT2D eigenvalue weighted by atomic mass is 9.99. The van der Waals surface area contributed by atoms with Gasteiger partial charge in [0.1, 0.15) is 5.82 Å². The van der Waals surface area contributed by atoms with Crippen LogP contribution in [0.4, 0.5) is 10.1 Å². The molecule has 0 aliphatic carbocycles. The van der Waals surface area contributed by atoms with Gasteiger partial charge in [0.25, 0.3) is 0 Å². The lowest BCUT2D eigenvalue weighted by Crippen LogP contribution is -2.17. The molecule has 0 saturated carbocycles. The summed E-state index contributed by atoms with van der Waals surface area (Å²) in [6.07, 6.45) is 1.76. The second-order valence-corrected chi connectivity index (χ2v) is 3.74. The van der Waals surface area contributed by atoms with Crippen molar-refractivity contribution in [2.75, 3.05) is 18.5 Å². The normalized spacial score (nSPS) is 13.9. The van der Waals surface area contributed by atoms with E-state index in [0.717, 1.165) is 30.6 Å². The third-order valence-corrected chi connectivity index (χ3v) is 2.60. The van der Waals surface area contributed by atoms with Crippen LogP contribution < -0.4 is 5.32 Å². The summed E-state index contributed by atoms with van der Waals surface area (Å²) in [4.78, 5) is 11.6. The van der Waals surface area contributed by atoms with Crippen molar-refractivity contribution in [3.8, 4) is 0 Å². The van der Waals surface area contributed by atoms with E-state index in [1.54, 1.807) is 6.92 Å². The van der Waals surface area contributed by atoms with E-state index in [4.69, 9.17) is 4.74 Å². The Morgan fingerprint density at radius 1 is 1.56 bits per heavy atom. The van der Waals surface area contributed by atoms with Crippen molar-refractivity contribution in [2.24, 2.45) is 0 Å². The molecule has 0 spiro atoms. The first kappa shape index (κ1) is 10.9. The van der Waals surface area contributed by atoms with Gasteiger partial charge in [0.05, 0.1) is 17.9 Å². The fourth-order valence-corrected chi connectivity index (χ4v) is 1.93. The number of aryl methyl sites for hydroxylation is 1. The molecular weight excluding hydrogens is 209 g/mol. The highest BCUT2D eigenvalue weighted by Crippen LogP contribution is 2.27. The summed E-state index contributed by atoms with van der Waals surface area (Å²) in [6, 6.07) is 2.71. The largest absolute Gasteiger partial charge is 0.462 e. The third kappa shape index (κ3) is 2.01. The maximum absolute atomic E-state index is 13.3. The number of anilines is 1. The van der Waals surface area contributed by atoms with Gasteiger partial charge in [0.2, 0.25) is 0 Å². The van der Waals surface area contributed by atoms with Crippen LogP contribution in [0.2, 0.25) is 0 Å². The Kier molecular flexibility index (Phi) is 3.08. The molecule has 0 amide bonds. The number of hydrogen-bond donors (Lipinski definition) is 1. The van der Waals surface area contributed by atoms with Crippen molar-refractivity contribution in [1.82, 2.24) is 0 Å². The van der Waals surface area contributed by atoms with Gasteiger partial charge in [-0.1, -0.05) is 0 Å². The van der Waals surface area contributed by atoms with Crippen LogP contribution in [0.25, 0.3) is 0 Å². The average Bonchev–Trinajstić information content (AvgIpc) is 2.28. The van der Waals surface area contributed by atoms with Gasteiger partial charge in [-0.15, -0.1) is 0 Å². The minimum absolute atomic E-state index is 0.296. The molecule has 0 aromatic heterocycles. The highest BCUT2D eigenvalue weighted by Gasteiger charge is 2.19. The zero-order chi connectivity index (χ0) is 11.5. The SMILES string of the molecule is CCOC(=O)c1cc(F)cc2c1NCCC2. The number of esters is 1. The van der Waals surface area contributed by atoms with Gasteiger partial charge in [-0.3, -0.25) is 0 Å². The van der Waals surface area contributed by atoms with Crippen LogP contribution in [-0.2, 0) is 11.2 Å². The molecule has 0 radical (unpaired) electrons. The lowest BCUT2D eigenvalue weighted by Gasteiger charge is -2.20.